The summed E-state index contributed by atoms with van der Waals surface area (Å²) in [5.74, 6) is 1.01. The minimum absolute atomic E-state index is 0.181. The molecule has 1 aliphatic rings. The SMILES string of the molecule is O=c1[nH]c(CCl)nc2c(C3CCCC3)noc12. The summed E-state index contributed by atoms with van der Waals surface area (Å²) in [4.78, 5) is 18.6. The number of aromatic amines is 1. The number of fused-ring (bicyclic) bond motifs is 1. The molecule has 2 heterocycles. The third-order valence-electron chi connectivity index (χ3n) is 3.27. The smallest absolute Gasteiger partial charge is 0.297 e. The molecule has 0 saturated heterocycles. The van der Waals surface area contributed by atoms with Crippen LogP contribution >= 0.6 is 11.6 Å². The van der Waals surface area contributed by atoms with E-state index in [9.17, 15) is 4.79 Å². The van der Waals surface area contributed by atoms with Crippen LogP contribution in [-0.2, 0) is 5.88 Å². The first-order valence-electron chi connectivity index (χ1n) is 5.74. The molecule has 0 unspecified atom stereocenters. The Labute approximate surface area is 102 Å². The van der Waals surface area contributed by atoms with E-state index in [1.807, 2.05) is 0 Å². The van der Waals surface area contributed by atoms with Crippen molar-refractivity contribution in [1.82, 2.24) is 15.1 Å². The van der Waals surface area contributed by atoms with Gasteiger partial charge in [0.25, 0.3) is 5.56 Å². The fourth-order valence-electron chi connectivity index (χ4n) is 2.44. The monoisotopic (exact) mass is 253 g/mol. The molecule has 1 saturated carbocycles. The molecule has 0 bridgehead atoms. The van der Waals surface area contributed by atoms with Gasteiger partial charge in [-0.05, 0) is 12.8 Å². The maximum atomic E-state index is 11.7. The van der Waals surface area contributed by atoms with Gasteiger partial charge in [-0.2, -0.15) is 0 Å². The van der Waals surface area contributed by atoms with Crippen molar-refractivity contribution in [1.29, 1.82) is 0 Å². The van der Waals surface area contributed by atoms with Gasteiger partial charge in [0.2, 0.25) is 5.58 Å². The summed E-state index contributed by atoms with van der Waals surface area (Å²) in [5, 5.41) is 4.01. The lowest BCUT2D eigenvalue weighted by molar-refractivity contribution is 0.434. The summed E-state index contributed by atoms with van der Waals surface area (Å²) in [6.07, 6.45) is 4.58. The molecular weight excluding hydrogens is 242 g/mol. The molecule has 2 aromatic heterocycles. The van der Waals surface area contributed by atoms with E-state index in [-0.39, 0.29) is 17.0 Å². The Bertz CT molecular complexity index is 598. The van der Waals surface area contributed by atoms with Crippen molar-refractivity contribution in [2.24, 2.45) is 0 Å². The summed E-state index contributed by atoms with van der Waals surface area (Å²) < 4.78 is 5.09. The van der Waals surface area contributed by atoms with Gasteiger partial charge >= 0.3 is 0 Å². The normalized spacial score (nSPS) is 17.0. The van der Waals surface area contributed by atoms with Crippen LogP contribution in [-0.4, -0.2) is 15.1 Å². The van der Waals surface area contributed by atoms with Gasteiger partial charge in [0.1, 0.15) is 17.0 Å². The van der Waals surface area contributed by atoms with Gasteiger partial charge in [-0.1, -0.05) is 18.0 Å². The summed E-state index contributed by atoms with van der Waals surface area (Å²) in [7, 11) is 0. The van der Waals surface area contributed by atoms with Crippen LogP contribution in [0.5, 0.6) is 0 Å². The van der Waals surface area contributed by atoms with Crippen molar-refractivity contribution >= 4 is 22.7 Å². The maximum absolute atomic E-state index is 11.7. The minimum atomic E-state index is -0.303. The molecule has 1 N–H and O–H groups in total. The molecule has 6 heteroatoms. The fourth-order valence-corrected chi connectivity index (χ4v) is 2.56. The number of hydrogen-bond acceptors (Lipinski definition) is 4. The first kappa shape index (κ1) is 10.8. The molecule has 17 heavy (non-hydrogen) atoms. The van der Waals surface area contributed by atoms with Crippen LogP contribution in [0.25, 0.3) is 11.1 Å². The molecule has 0 radical (unpaired) electrons. The van der Waals surface area contributed by atoms with Gasteiger partial charge in [-0.25, -0.2) is 4.98 Å². The number of alkyl halides is 1. The quantitative estimate of drug-likeness (QED) is 0.834. The van der Waals surface area contributed by atoms with E-state index in [2.05, 4.69) is 15.1 Å². The lowest BCUT2D eigenvalue weighted by Gasteiger charge is -2.03. The summed E-state index contributed by atoms with van der Waals surface area (Å²) in [5.41, 5.74) is 1.30. The lowest BCUT2D eigenvalue weighted by Crippen LogP contribution is -2.10. The van der Waals surface area contributed by atoms with E-state index in [1.165, 1.54) is 12.8 Å². The van der Waals surface area contributed by atoms with E-state index < -0.39 is 0 Å². The Morgan fingerprint density at radius 2 is 2.18 bits per heavy atom. The van der Waals surface area contributed by atoms with Crippen molar-refractivity contribution in [3.63, 3.8) is 0 Å². The zero-order valence-electron chi connectivity index (χ0n) is 9.20. The second kappa shape index (κ2) is 4.14. The van der Waals surface area contributed by atoms with Gasteiger partial charge in [0, 0.05) is 5.92 Å². The van der Waals surface area contributed by atoms with Gasteiger partial charge in [-0.15, -0.1) is 11.6 Å². The molecule has 5 nitrogen and oxygen atoms in total. The van der Waals surface area contributed by atoms with E-state index in [4.69, 9.17) is 16.1 Å². The van der Waals surface area contributed by atoms with E-state index in [0.717, 1.165) is 18.5 Å². The van der Waals surface area contributed by atoms with Crippen LogP contribution in [0.2, 0.25) is 0 Å². The van der Waals surface area contributed by atoms with Crippen LogP contribution in [0, 0.1) is 0 Å². The summed E-state index contributed by atoms with van der Waals surface area (Å²) in [6, 6.07) is 0. The average molecular weight is 254 g/mol. The minimum Gasteiger partial charge on any atom is -0.348 e. The number of nitrogens with zero attached hydrogens (tertiary/aromatic N) is 2. The largest absolute Gasteiger partial charge is 0.348 e. The zero-order chi connectivity index (χ0) is 11.8. The van der Waals surface area contributed by atoms with Crippen molar-refractivity contribution in [2.75, 3.05) is 0 Å². The molecule has 90 valence electrons. The fraction of sp³-hybridized carbons (Fsp3) is 0.545. The van der Waals surface area contributed by atoms with Crippen molar-refractivity contribution in [3.05, 3.63) is 21.9 Å². The van der Waals surface area contributed by atoms with Crippen LogP contribution < -0.4 is 5.56 Å². The molecule has 0 spiro atoms. The molecule has 0 aliphatic heterocycles. The number of rotatable bonds is 2. The van der Waals surface area contributed by atoms with Crippen molar-refractivity contribution in [2.45, 2.75) is 37.5 Å². The number of hydrogen-bond donors (Lipinski definition) is 1. The number of halogens is 1. The molecule has 0 amide bonds. The zero-order valence-corrected chi connectivity index (χ0v) is 9.96. The highest BCUT2D eigenvalue weighted by atomic mass is 35.5. The summed E-state index contributed by atoms with van der Waals surface area (Å²) in [6.45, 7) is 0. The lowest BCUT2D eigenvalue weighted by atomic mass is 10.0. The predicted molar refractivity (Wildman–Crippen MR) is 63.2 cm³/mol. The topological polar surface area (TPSA) is 71.8 Å². The molecule has 0 aromatic carbocycles. The van der Waals surface area contributed by atoms with Crippen LogP contribution in [0.3, 0.4) is 0 Å². The Morgan fingerprint density at radius 3 is 2.88 bits per heavy atom. The van der Waals surface area contributed by atoms with Gasteiger partial charge in [-0.3, -0.25) is 4.79 Å². The maximum Gasteiger partial charge on any atom is 0.297 e. The van der Waals surface area contributed by atoms with Crippen molar-refractivity contribution in [3.8, 4) is 0 Å². The number of aromatic nitrogens is 3. The van der Waals surface area contributed by atoms with Gasteiger partial charge in [0.05, 0.1) is 5.88 Å². The Morgan fingerprint density at radius 1 is 1.41 bits per heavy atom. The third kappa shape index (κ3) is 1.74. The van der Waals surface area contributed by atoms with Crippen LogP contribution in [0.1, 0.15) is 43.1 Å². The summed E-state index contributed by atoms with van der Waals surface area (Å²) >= 11 is 5.69. The van der Waals surface area contributed by atoms with Gasteiger partial charge in [0.15, 0.2) is 0 Å². The first-order chi connectivity index (χ1) is 8.29. The van der Waals surface area contributed by atoms with E-state index in [0.29, 0.717) is 17.3 Å². The Hall–Kier alpha value is -1.36. The standard InChI is InChI=1S/C11H12ClN3O2/c12-5-7-13-9-8(6-3-1-2-4-6)15-17-10(9)11(16)14-7/h6H,1-5H2,(H,13,14,16). The van der Waals surface area contributed by atoms with E-state index >= 15 is 0 Å². The van der Waals surface area contributed by atoms with Crippen molar-refractivity contribution < 1.29 is 4.52 Å². The number of H-pyrrole nitrogens is 1. The Kier molecular flexibility index (Phi) is 2.63. The molecule has 1 aliphatic carbocycles. The second-order valence-corrected chi connectivity index (χ2v) is 4.64. The highest BCUT2D eigenvalue weighted by Gasteiger charge is 2.25. The second-order valence-electron chi connectivity index (χ2n) is 4.37. The molecule has 1 fully saturated rings. The van der Waals surface area contributed by atoms with Crippen LogP contribution in [0.15, 0.2) is 9.32 Å². The molecular formula is C11H12ClN3O2. The predicted octanol–water partition coefficient (Wildman–Crippen LogP) is 2.31. The molecule has 3 rings (SSSR count). The number of nitrogens with one attached hydrogen (secondary N) is 1. The third-order valence-corrected chi connectivity index (χ3v) is 3.53. The molecule has 2 aromatic rings. The van der Waals surface area contributed by atoms with Gasteiger partial charge < -0.3 is 9.51 Å². The Balaban J connectivity index is 2.19. The van der Waals surface area contributed by atoms with E-state index in [1.54, 1.807) is 0 Å². The highest BCUT2D eigenvalue weighted by molar-refractivity contribution is 6.16. The van der Waals surface area contributed by atoms with Crippen LogP contribution in [0.4, 0.5) is 0 Å². The first-order valence-corrected chi connectivity index (χ1v) is 6.27. The molecule has 0 atom stereocenters. The average Bonchev–Trinajstić information content (AvgIpc) is 2.96. The highest BCUT2D eigenvalue weighted by Crippen LogP contribution is 2.35.